The summed E-state index contributed by atoms with van der Waals surface area (Å²) < 4.78 is 27.1. The van der Waals surface area contributed by atoms with Crippen molar-refractivity contribution in [3.05, 3.63) is 28.7 Å². The van der Waals surface area contributed by atoms with Crippen LogP contribution in [0.4, 0.5) is 0 Å². The molecule has 0 unspecified atom stereocenters. The molecule has 0 heterocycles. The van der Waals surface area contributed by atoms with Crippen LogP contribution in [0.3, 0.4) is 0 Å². The van der Waals surface area contributed by atoms with Gasteiger partial charge in [-0.15, -0.1) is 0 Å². The molecule has 0 aliphatic heterocycles. The Bertz CT molecular complexity index is 460. The lowest BCUT2D eigenvalue weighted by atomic mass is 10.4. The van der Waals surface area contributed by atoms with Gasteiger partial charge in [0.15, 0.2) is 0 Å². The Kier molecular flexibility index (Phi) is 5.58. The second-order valence-electron chi connectivity index (χ2n) is 3.99. The molecular weight excluding hydrogens is 304 g/mol. The van der Waals surface area contributed by atoms with Gasteiger partial charge in [-0.25, -0.2) is 13.1 Å². The first kappa shape index (κ1) is 14.6. The number of nitrogens with one attached hydrogen (secondary N) is 1. The fourth-order valence-corrected chi connectivity index (χ4v) is 3.42. The Hall–Kier alpha value is -0.430. The number of benzene rings is 1. The van der Waals surface area contributed by atoms with E-state index >= 15 is 0 Å². The third-order valence-corrected chi connectivity index (χ3v) is 4.67. The largest absolute Gasteiger partial charge is 0.309 e. The smallest absolute Gasteiger partial charge is 0.241 e. The molecule has 1 N–H and O–H groups in total. The Balaban J connectivity index is 2.61. The first-order valence-electron chi connectivity index (χ1n) is 5.32. The van der Waals surface area contributed by atoms with Gasteiger partial charge in [0.25, 0.3) is 0 Å². The lowest BCUT2D eigenvalue weighted by molar-refractivity contribution is 0.400. The average molecular weight is 321 g/mol. The van der Waals surface area contributed by atoms with Crippen LogP contribution in [0.15, 0.2) is 33.6 Å². The molecule has 17 heavy (non-hydrogen) atoms. The van der Waals surface area contributed by atoms with E-state index in [1.165, 1.54) is 0 Å². The van der Waals surface area contributed by atoms with Crippen molar-refractivity contribution in [2.75, 3.05) is 27.2 Å². The zero-order valence-electron chi connectivity index (χ0n) is 9.98. The molecule has 1 rings (SSSR count). The third-order valence-electron chi connectivity index (χ3n) is 2.20. The summed E-state index contributed by atoms with van der Waals surface area (Å²) in [5, 5.41) is 0. The molecule has 0 saturated heterocycles. The van der Waals surface area contributed by atoms with E-state index in [4.69, 9.17) is 0 Å². The fourth-order valence-electron chi connectivity index (χ4n) is 1.34. The highest BCUT2D eigenvalue weighted by atomic mass is 79.9. The fraction of sp³-hybridized carbons (Fsp3) is 0.455. The molecule has 0 aliphatic carbocycles. The van der Waals surface area contributed by atoms with Crippen molar-refractivity contribution in [1.82, 2.24) is 9.62 Å². The minimum Gasteiger partial charge on any atom is -0.309 e. The highest BCUT2D eigenvalue weighted by Crippen LogP contribution is 2.20. The maximum absolute atomic E-state index is 11.9. The number of rotatable bonds is 6. The molecule has 4 nitrogen and oxygen atoms in total. The third kappa shape index (κ3) is 4.75. The van der Waals surface area contributed by atoms with E-state index in [1.54, 1.807) is 24.3 Å². The number of halogens is 1. The molecule has 96 valence electrons. The van der Waals surface area contributed by atoms with Crippen molar-refractivity contribution in [2.45, 2.75) is 11.3 Å². The van der Waals surface area contributed by atoms with Crippen molar-refractivity contribution in [2.24, 2.45) is 0 Å². The summed E-state index contributed by atoms with van der Waals surface area (Å²) in [5.41, 5.74) is 0. The predicted octanol–water partition coefficient (Wildman–Crippen LogP) is 1.68. The Labute approximate surface area is 111 Å². The molecule has 1 aromatic carbocycles. The Morgan fingerprint density at radius 2 is 1.94 bits per heavy atom. The molecule has 0 saturated carbocycles. The van der Waals surface area contributed by atoms with Crippen molar-refractivity contribution >= 4 is 26.0 Å². The quantitative estimate of drug-likeness (QED) is 0.811. The van der Waals surface area contributed by atoms with Crippen LogP contribution < -0.4 is 4.72 Å². The molecule has 0 aromatic heterocycles. The highest BCUT2D eigenvalue weighted by Gasteiger charge is 2.15. The minimum absolute atomic E-state index is 0.282. The molecule has 0 atom stereocenters. The van der Waals surface area contributed by atoms with Crippen LogP contribution in [0.2, 0.25) is 0 Å². The van der Waals surface area contributed by atoms with Gasteiger partial charge in [-0.05, 0) is 55.1 Å². The molecule has 0 spiro atoms. The van der Waals surface area contributed by atoms with Gasteiger partial charge >= 0.3 is 0 Å². The summed E-state index contributed by atoms with van der Waals surface area (Å²) in [6.07, 6.45) is 0.788. The minimum atomic E-state index is -3.40. The number of hydrogen-bond donors (Lipinski definition) is 1. The Morgan fingerprint density at radius 1 is 1.29 bits per heavy atom. The summed E-state index contributed by atoms with van der Waals surface area (Å²) in [7, 11) is 0.517. The molecule has 0 fully saturated rings. The van der Waals surface area contributed by atoms with Gasteiger partial charge in [0, 0.05) is 11.0 Å². The molecule has 0 bridgehead atoms. The molecule has 0 aliphatic rings. The van der Waals surface area contributed by atoms with Gasteiger partial charge in [-0.3, -0.25) is 0 Å². The van der Waals surface area contributed by atoms with Crippen LogP contribution in [-0.4, -0.2) is 40.5 Å². The average Bonchev–Trinajstić information content (AvgIpc) is 2.24. The van der Waals surface area contributed by atoms with Gasteiger partial charge < -0.3 is 4.90 Å². The Morgan fingerprint density at radius 3 is 2.53 bits per heavy atom. The van der Waals surface area contributed by atoms with Crippen LogP contribution in [0.1, 0.15) is 6.42 Å². The summed E-state index contributed by atoms with van der Waals surface area (Å²) in [6, 6.07) is 6.79. The lowest BCUT2D eigenvalue weighted by Crippen LogP contribution is -2.27. The van der Waals surface area contributed by atoms with Crippen molar-refractivity contribution in [1.29, 1.82) is 0 Å². The van der Waals surface area contributed by atoms with E-state index < -0.39 is 10.0 Å². The first-order chi connectivity index (χ1) is 7.93. The SMILES string of the molecule is CN(C)CCCNS(=O)(=O)c1ccccc1Br. The second kappa shape index (κ2) is 6.49. The van der Waals surface area contributed by atoms with E-state index in [1.807, 2.05) is 19.0 Å². The van der Waals surface area contributed by atoms with Gasteiger partial charge in [0.2, 0.25) is 10.0 Å². The monoisotopic (exact) mass is 320 g/mol. The lowest BCUT2D eigenvalue weighted by Gasteiger charge is -2.11. The van der Waals surface area contributed by atoms with Crippen molar-refractivity contribution < 1.29 is 8.42 Å². The van der Waals surface area contributed by atoms with Crippen molar-refractivity contribution in [3.63, 3.8) is 0 Å². The van der Waals surface area contributed by atoms with E-state index in [-0.39, 0.29) is 4.90 Å². The maximum Gasteiger partial charge on any atom is 0.241 e. The van der Waals surface area contributed by atoms with Gasteiger partial charge in [-0.2, -0.15) is 0 Å². The molecule has 0 radical (unpaired) electrons. The number of sulfonamides is 1. The van der Waals surface area contributed by atoms with Crippen LogP contribution in [0, 0.1) is 0 Å². The van der Waals surface area contributed by atoms with E-state index in [2.05, 4.69) is 20.7 Å². The van der Waals surface area contributed by atoms with E-state index in [0.717, 1.165) is 13.0 Å². The van der Waals surface area contributed by atoms with Crippen LogP contribution in [0.25, 0.3) is 0 Å². The molecule has 6 heteroatoms. The van der Waals surface area contributed by atoms with Gasteiger partial charge in [0.1, 0.15) is 0 Å². The van der Waals surface area contributed by atoms with Crippen molar-refractivity contribution in [3.8, 4) is 0 Å². The topological polar surface area (TPSA) is 49.4 Å². The van der Waals surface area contributed by atoms with E-state index in [0.29, 0.717) is 11.0 Å². The molecular formula is C11H17BrN2O2S. The normalized spacial score (nSPS) is 12.0. The summed E-state index contributed by atoms with van der Waals surface area (Å²) in [4.78, 5) is 2.30. The zero-order chi connectivity index (χ0) is 12.9. The second-order valence-corrected chi connectivity index (χ2v) is 6.57. The number of nitrogens with zero attached hydrogens (tertiary/aromatic N) is 1. The van der Waals surface area contributed by atoms with Gasteiger partial charge in [-0.1, -0.05) is 12.1 Å². The zero-order valence-corrected chi connectivity index (χ0v) is 12.4. The predicted molar refractivity (Wildman–Crippen MR) is 72.5 cm³/mol. The van der Waals surface area contributed by atoms with Crippen LogP contribution >= 0.6 is 15.9 Å². The number of hydrogen-bond acceptors (Lipinski definition) is 3. The molecule has 0 amide bonds. The highest BCUT2D eigenvalue weighted by molar-refractivity contribution is 9.10. The molecule has 1 aromatic rings. The van der Waals surface area contributed by atoms with Crippen LogP contribution in [0.5, 0.6) is 0 Å². The van der Waals surface area contributed by atoms with Crippen LogP contribution in [-0.2, 0) is 10.0 Å². The van der Waals surface area contributed by atoms with E-state index in [9.17, 15) is 8.42 Å². The standard InChI is InChI=1S/C11H17BrN2O2S/c1-14(2)9-5-8-13-17(15,16)11-7-4-3-6-10(11)12/h3-4,6-7,13H,5,8-9H2,1-2H3. The summed E-state index contributed by atoms with van der Waals surface area (Å²) >= 11 is 3.24. The first-order valence-corrected chi connectivity index (χ1v) is 7.60. The summed E-state index contributed by atoms with van der Waals surface area (Å²) in [5.74, 6) is 0. The van der Waals surface area contributed by atoms with Gasteiger partial charge in [0.05, 0.1) is 4.90 Å². The summed E-state index contributed by atoms with van der Waals surface area (Å²) in [6.45, 7) is 1.31. The maximum atomic E-state index is 11.9.